The quantitative estimate of drug-likeness (QED) is 0.747. The lowest BCUT2D eigenvalue weighted by Crippen LogP contribution is -2.39. The summed E-state index contributed by atoms with van der Waals surface area (Å²) in [6.45, 7) is 3.24. The van der Waals surface area contributed by atoms with E-state index in [-0.39, 0.29) is 6.04 Å². The van der Waals surface area contributed by atoms with Crippen molar-refractivity contribution in [3.8, 4) is 17.2 Å². The van der Waals surface area contributed by atoms with Crippen LogP contribution in [0.2, 0.25) is 0 Å². The summed E-state index contributed by atoms with van der Waals surface area (Å²) in [5.74, 6) is 1.41. The number of hydrogen-bond donors (Lipinski definition) is 1. The van der Waals surface area contributed by atoms with Crippen molar-refractivity contribution in [2.45, 2.75) is 31.8 Å². The molecule has 150 valence electrons. The molecule has 6 nitrogen and oxygen atoms in total. The second-order valence-corrected chi connectivity index (χ2v) is 6.75. The first kappa shape index (κ1) is 20.0. The van der Waals surface area contributed by atoms with Gasteiger partial charge in [-0.1, -0.05) is 12.1 Å². The molecule has 1 aliphatic rings. The average molecular weight is 385 g/mol. The summed E-state index contributed by atoms with van der Waals surface area (Å²) in [6, 6.07) is 12.7. The Morgan fingerprint density at radius 2 is 1.86 bits per heavy atom. The molecule has 2 aromatic carbocycles. The van der Waals surface area contributed by atoms with Crippen molar-refractivity contribution in [3.05, 3.63) is 53.6 Å². The van der Waals surface area contributed by atoms with Gasteiger partial charge in [0, 0.05) is 12.1 Å². The number of carbonyl (C=O) groups is 1. The third-order valence-corrected chi connectivity index (χ3v) is 5.15. The summed E-state index contributed by atoms with van der Waals surface area (Å²) in [4.78, 5) is 13.9. The molecule has 6 heteroatoms. The van der Waals surface area contributed by atoms with E-state index in [0.29, 0.717) is 31.1 Å². The number of nitrogens with zero attached hydrogens (tertiary/aromatic N) is 1. The number of methoxy groups -OCH3 is 2. The highest BCUT2D eigenvalue weighted by atomic mass is 16.5. The molecular weight excluding hydrogens is 358 g/mol. The van der Waals surface area contributed by atoms with Crippen LogP contribution in [0.25, 0.3) is 0 Å². The second-order valence-electron chi connectivity index (χ2n) is 6.75. The van der Waals surface area contributed by atoms with Gasteiger partial charge in [0.2, 0.25) is 0 Å². The summed E-state index contributed by atoms with van der Waals surface area (Å²) in [7, 11) is 3.24. The smallest absolute Gasteiger partial charge is 0.320 e. The van der Waals surface area contributed by atoms with Crippen LogP contribution in [-0.2, 0) is 4.79 Å². The minimum atomic E-state index is -0.796. The number of aliphatic carboxylic acids is 1. The summed E-state index contributed by atoms with van der Waals surface area (Å²) in [5, 5.41) is 9.75. The molecule has 2 unspecified atom stereocenters. The van der Waals surface area contributed by atoms with E-state index in [1.165, 1.54) is 0 Å². The van der Waals surface area contributed by atoms with Crippen LogP contribution in [0.1, 0.15) is 36.9 Å². The van der Waals surface area contributed by atoms with E-state index in [4.69, 9.17) is 14.2 Å². The zero-order chi connectivity index (χ0) is 20.1. The molecule has 0 spiro atoms. The summed E-state index contributed by atoms with van der Waals surface area (Å²) < 4.78 is 16.6. The third-order valence-electron chi connectivity index (χ3n) is 5.15. The highest BCUT2D eigenvalue weighted by Crippen LogP contribution is 2.40. The van der Waals surface area contributed by atoms with Gasteiger partial charge < -0.3 is 19.3 Å². The van der Waals surface area contributed by atoms with Gasteiger partial charge in [0.05, 0.1) is 26.9 Å². The third kappa shape index (κ3) is 4.07. The molecule has 0 saturated carbocycles. The number of carboxylic acids is 1. The van der Waals surface area contributed by atoms with Crippen molar-refractivity contribution in [2.75, 3.05) is 27.4 Å². The first-order chi connectivity index (χ1) is 13.6. The molecule has 0 radical (unpaired) electrons. The Hall–Kier alpha value is -2.73. The van der Waals surface area contributed by atoms with Crippen molar-refractivity contribution in [1.29, 1.82) is 0 Å². The lowest BCUT2D eigenvalue weighted by atomic mass is 9.95. The Kier molecular flexibility index (Phi) is 6.41. The van der Waals surface area contributed by atoms with E-state index < -0.39 is 12.0 Å². The zero-order valence-electron chi connectivity index (χ0n) is 16.6. The fraction of sp³-hybridized carbons (Fsp3) is 0.409. The van der Waals surface area contributed by atoms with Crippen LogP contribution in [-0.4, -0.2) is 49.4 Å². The van der Waals surface area contributed by atoms with Gasteiger partial charge in [0.1, 0.15) is 23.3 Å². The van der Waals surface area contributed by atoms with Crippen molar-refractivity contribution in [3.63, 3.8) is 0 Å². The maximum Gasteiger partial charge on any atom is 0.320 e. The van der Waals surface area contributed by atoms with E-state index in [0.717, 1.165) is 23.3 Å². The van der Waals surface area contributed by atoms with Crippen molar-refractivity contribution >= 4 is 5.97 Å². The van der Waals surface area contributed by atoms with E-state index in [9.17, 15) is 9.90 Å². The Labute approximate surface area is 165 Å². The van der Waals surface area contributed by atoms with Crippen LogP contribution in [0.3, 0.4) is 0 Å². The predicted octanol–water partition coefficient (Wildman–Crippen LogP) is 3.74. The largest absolute Gasteiger partial charge is 0.497 e. The molecule has 2 atom stereocenters. The minimum absolute atomic E-state index is 0.260. The number of rotatable bonds is 8. The highest BCUT2D eigenvalue weighted by molar-refractivity contribution is 5.74. The average Bonchev–Trinajstić information content (AvgIpc) is 3.19. The van der Waals surface area contributed by atoms with Gasteiger partial charge in [-0.15, -0.1) is 0 Å². The molecule has 1 aliphatic heterocycles. The molecule has 3 rings (SSSR count). The van der Waals surface area contributed by atoms with Crippen LogP contribution >= 0.6 is 0 Å². The van der Waals surface area contributed by atoms with Crippen molar-refractivity contribution in [2.24, 2.45) is 0 Å². The summed E-state index contributed by atoms with van der Waals surface area (Å²) in [6.07, 6.45) is 1.48. The number of hydrogen-bond acceptors (Lipinski definition) is 5. The molecule has 0 aromatic heterocycles. The number of likely N-dealkylation sites (tertiary alicyclic amines) is 1. The van der Waals surface area contributed by atoms with E-state index in [2.05, 4.69) is 0 Å². The van der Waals surface area contributed by atoms with Gasteiger partial charge in [-0.2, -0.15) is 0 Å². The number of carboxylic acid groups (broad SMARTS) is 1. The molecule has 0 aliphatic carbocycles. The standard InChI is InChI=1S/C22H27NO5/c1-4-28-16-9-7-15(8-10-16)21(23-13-5-6-19(23)22(24)25)18-14-17(26-2)11-12-20(18)27-3/h7-12,14,19,21H,4-6,13H2,1-3H3,(H,24,25). The first-order valence-corrected chi connectivity index (χ1v) is 9.52. The molecule has 0 bridgehead atoms. The maximum atomic E-state index is 11.9. The summed E-state index contributed by atoms with van der Waals surface area (Å²) >= 11 is 0. The van der Waals surface area contributed by atoms with Crippen molar-refractivity contribution < 1.29 is 24.1 Å². The normalized spacial score (nSPS) is 17.9. The van der Waals surface area contributed by atoms with E-state index in [1.54, 1.807) is 14.2 Å². The maximum absolute atomic E-state index is 11.9. The monoisotopic (exact) mass is 385 g/mol. The van der Waals surface area contributed by atoms with Crippen molar-refractivity contribution in [1.82, 2.24) is 4.90 Å². The van der Waals surface area contributed by atoms with Crippen LogP contribution < -0.4 is 14.2 Å². The van der Waals surface area contributed by atoms with Gasteiger partial charge >= 0.3 is 5.97 Å². The van der Waals surface area contributed by atoms with Crippen LogP contribution in [0, 0.1) is 0 Å². The van der Waals surface area contributed by atoms with Gasteiger partial charge in [-0.3, -0.25) is 9.69 Å². The fourth-order valence-corrected chi connectivity index (χ4v) is 3.88. The SMILES string of the molecule is CCOc1ccc(C(c2cc(OC)ccc2OC)N2CCCC2C(=O)O)cc1. The molecule has 1 saturated heterocycles. The van der Waals surface area contributed by atoms with Crippen LogP contribution in [0.5, 0.6) is 17.2 Å². The Bertz CT molecular complexity index is 805. The molecular formula is C22H27NO5. The zero-order valence-corrected chi connectivity index (χ0v) is 16.6. The van der Waals surface area contributed by atoms with Gasteiger partial charge in [0.15, 0.2) is 0 Å². The Morgan fingerprint density at radius 3 is 2.46 bits per heavy atom. The topological polar surface area (TPSA) is 68.2 Å². The molecule has 0 amide bonds. The number of ether oxygens (including phenoxy) is 3. The lowest BCUT2D eigenvalue weighted by Gasteiger charge is -2.33. The van der Waals surface area contributed by atoms with Gasteiger partial charge in [-0.05, 0) is 55.7 Å². The molecule has 2 aromatic rings. The van der Waals surface area contributed by atoms with E-state index >= 15 is 0 Å². The highest BCUT2D eigenvalue weighted by Gasteiger charge is 2.38. The van der Waals surface area contributed by atoms with Gasteiger partial charge in [0.25, 0.3) is 0 Å². The van der Waals surface area contributed by atoms with Crippen LogP contribution in [0.4, 0.5) is 0 Å². The summed E-state index contributed by atoms with van der Waals surface area (Å²) in [5.41, 5.74) is 1.88. The minimum Gasteiger partial charge on any atom is -0.497 e. The Morgan fingerprint density at radius 1 is 1.14 bits per heavy atom. The molecule has 1 fully saturated rings. The Balaban J connectivity index is 2.11. The molecule has 28 heavy (non-hydrogen) atoms. The number of benzene rings is 2. The molecule has 1 heterocycles. The fourth-order valence-electron chi connectivity index (χ4n) is 3.88. The second kappa shape index (κ2) is 8.97. The van der Waals surface area contributed by atoms with E-state index in [1.807, 2.05) is 54.3 Å². The first-order valence-electron chi connectivity index (χ1n) is 9.52. The molecule has 1 N–H and O–H groups in total. The van der Waals surface area contributed by atoms with Gasteiger partial charge in [-0.25, -0.2) is 0 Å². The lowest BCUT2D eigenvalue weighted by molar-refractivity contribution is -0.142. The predicted molar refractivity (Wildman–Crippen MR) is 106 cm³/mol. The van der Waals surface area contributed by atoms with Crippen LogP contribution in [0.15, 0.2) is 42.5 Å².